The van der Waals surface area contributed by atoms with Gasteiger partial charge in [0, 0.05) is 45.8 Å². The van der Waals surface area contributed by atoms with E-state index in [-0.39, 0.29) is 45.9 Å². The molecule has 0 aliphatic heterocycles. The quantitative estimate of drug-likeness (QED) is 0.0595. The van der Waals surface area contributed by atoms with Gasteiger partial charge in [-0.3, -0.25) is 0 Å². The number of esters is 2. The second-order valence-electron chi connectivity index (χ2n) is 21.3. The molecule has 0 heterocycles. The van der Waals surface area contributed by atoms with Crippen LogP contribution < -0.4 is 0 Å². The minimum Gasteiger partial charge on any atom is -0.478 e. The first kappa shape index (κ1) is 72.7. The number of aromatic carboxylic acids is 1. The topological polar surface area (TPSA) is 202 Å². The molecule has 486 valence electrons. The van der Waals surface area contributed by atoms with Crippen molar-refractivity contribution in [2.45, 2.75) is 93.0 Å². The molecule has 1 N–H and O–H groups in total. The minimum absolute atomic E-state index is 0.0754. The molecule has 0 saturated heterocycles. The molecule has 3 atom stereocenters. The highest BCUT2D eigenvalue weighted by Gasteiger charge is 2.35. The van der Waals surface area contributed by atoms with Crippen molar-refractivity contribution < 1.29 is 54.2 Å². The van der Waals surface area contributed by atoms with Crippen LogP contribution in [0.1, 0.15) is 122 Å². The summed E-state index contributed by atoms with van der Waals surface area (Å²) < 4.78 is 95.6. The number of sulfonamides is 3. The molecule has 9 rings (SSSR count). The van der Waals surface area contributed by atoms with Gasteiger partial charge in [0.05, 0.1) is 57.7 Å². The Hall–Kier alpha value is -7.72. The number of carbonyl (C=O) groups is 3. The van der Waals surface area contributed by atoms with Gasteiger partial charge in [-0.05, 0) is 181 Å². The monoisotopic (exact) mass is 1390 g/mol. The fourth-order valence-corrected chi connectivity index (χ4v) is 15.4. The van der Waals surface area contributed by atoms with Crippen LogP contribution in [0.3, 0.4) is 0 Å². The van der Waals surface area contributed by atoms with E-state index in [0.29, 0.717) is 49.6 Å². The number of benzene rings is 9. The maximum absolute atomic E-state index is 13.7. The van der Waals surface area contributed by atoms with E-state index < -0.39 is 60.1 Å². The number of ether oxygens (including phenoxy) is 2. The lowest BCUT2D eigenvalue weighted by Crippen LogP contribution is -2.34. The Labute approximate surface area is 564 Å². The molecule has 15 nitrogen and oxygen atoms in total. The summed E-state index contributed by atoms with van der Waals surface area (Å²) in [5, 5.41) is 11.2. The Kier molecular flexibility index (Phi) is 26.1. The van der Waals surface area contributed by atoms with Crippen LogP contribution in [0.15, 0.2) is 239 Å². The number of rotatable bonds is 23. The summed E-state index contributed by atoms with van der Waals surface area (Å²) in [5.41, 5.74) is 6.70. The molecule has 0 saturated carbocycles. The van der Waals surface area contributed by atoms with Crippen molar-refractivity contribution in [3.63, 3.8) is 0 Å². The molecule has 9 aromatic rings. The Morgan fingerprint density at radius 2 is 0.688 bits per heavy atom. The van der Waals surface area contributed by atoms with E-state index in [1.165, 1.54) is 71.4 Å². The minimum atomic E-state index is -3.89. The van der Waals surface area contributed by atoms with Gasteiger partial charge in [0.15, 0.2) is 0 Å². The molecule has 0 amide bonds. The molecule has 9 aromatic carbocycles. The van der Waals surface area contributed by atoms with Crippen LogP contribution in [0, 0.1) is 6.92 Å². The predicted molar refractivity (Wildman–Crippen MR) is 365 cm³/mol. The lowest BCUT2D eigenvalue weighted by atomic mass is 10.0. The molecule has 0 aliphatic rings. The molecule has 0 aliphatic carbocycles. The number of halogens is 4. The maximum Gasteiger partial charge on any atom is 0.337 e. The molecule has 0 aromatic heterocycles. The summed E-state index contributed by atoms with van der Waals surface area (Å²) in [6.07, 6.45) is 1.15. The van der Waals surface area contributed by atoms with Crippen molar-refractivity contribution in [3.8, 4) is 0 Å². The van der Waals surface area contributed by atoms with Gasteiger partial charge in [0.1, 0.15) is 0 Å². The van der Waals surface area contributed by atoms with Gasteiger partial charge in [-0.1, -0.05) is 169 Å². The summed E-state index contributed by atoms with van der Waals surface area (Å²) in [4.78, 5) is 35.1. The van der Waals surface area contributed by atoms with Crippen molar-refractivity contribution in [3.05, 3.63) is 300 Å². The Morgan fingerprint density at radius 3 is 1.02 bits per heavy atom. The zero-order valence-electron chi connectivity index (χ0n) is 51.6. The van der Waals surface area contributed by atoms with Crippen LogP contribution in [0.2, 0.25) is 20.1 Å². The van der Waals surface area contributed by atoms with Gasteiger partial charge in [0.25, 0.3) is 0 Å². The highest BCUT2D eigenvalue weighted by molar-refractivity contribution is 7.89. The van der Waals surface area contributed by atoms with Crippen molar-refractivity contribution in [2.75, 3.05) is 14.2 Å². The van der Waals surface area contributed by atoms with Gasteiger partial charge in [-0.25, -0.2) is 39.6 Å². The van der Waals surface area contributed by atoms with Crippen LogP contribution in [-0.4, -0.2) is 75.4 Å². The normalized spacial score (nSPS) is 12.6. The van der Waals surface area contributed by atoms with Crippen molar-refractivity contribution >= 4 is 94.4 Å². The number of carbonyl (C=O) groups excluding carboxylic acids is 2. The van der Waals surface area contributed by atoms with Crippen LogP contribution >= 0.6 is 46.4 Å². The number of methoxy groups -OCH3 is 2. The van der Waals surface area contributed by atoms with E-state index in [1.807, 2.05) is 70.2 Å². The molecule has 93 heavy (non-hydrogen) atoms. The van der Waals surface area contributed by atoms with E-state index in [9.17, 15) is 39.6 Å². The van der Waals surface area contributed by atoms with Gasteiger partial charge < -0.3 is 14.6 Å². The molecule has 0 radical (unpaired) electrons. The Bertz CT molecular complexity index is 4290. The lowest BCUT2D eigenvalue weighted by Gasteiger charge is -2.31. The number of carboxylic acids is 1. The first-order valence-corrected chi connectivity index (χ1v) is 35.0. The molecule has 22 heteroatoms. The van der Waals surface area contributed by atoms with E-state index in [4.69, 9.17) is 61.0 Å². The average molecular weight is 1390 g/mol. The number of nitrogens with zero attached hydrogens (tertiary/aromatic N) is 3. The van der Waals surface area contributed by atoms with Crippen LogP contribution in [0.25, 0.3) is 0 Å². The van der Waals surface area contributed by atoms with Gasteiger partial charge in [0.2, 0.25) is 30.1 Å². The van der Waals surface area contributed by atoms with Crippen LogP contribution in [0.5, 0.6) is 0 Å². The van der Waals surface area contributed by atoms with E-state index in [2.05, 4.69) is 0 Å². The third-order valence-corrected chi connectivity index (χ3v) is 21.8. The Balaban J connectivity index is 0.000000198. The average Bonchev–Trinajstić information content (AvgIpc) is 0.827. The fourth-order valence-electron chi connectivity index (χ4n) is 9.98. The molecular formula is C71H69Cl4N3O12S3. The second kappa shape index (κ2) is 33.4. The highest BCUT2D eigenvalue weighted by atomic mass is 35.5. The third-order valence-electron chi connectivity index (χ3n) is 15.1. The maximum atomic E-state index is 13.7. The highest BCUT2D eigenvalue weighted by Crippen LogP contribution is 2.36. The largest absolute Gasteiger partial charge is 0.478 e. The summed E-state index contributed by atoms with van der Waals surface area (Å²) in [5.74, 6) is -1.91. The van der Waals surface area contributed by atoms with Crippen molar-refractivity contribution in [1.82, 2.24) is 12.9 Å². The van der Waals surface area contributed by atoms with Crippen molar-refractivity contribution in [1.29, 1.82) is 0 Å². The molecular weight excluding hydrogens is 1320 g/mol. The Morgan fingerprint density at radius 1 is 0.398 bits per heavy atom. The predicted octanol–water partition coefficient (Wildman–Crippen LogP) is 16.9. The van der Waals surface area contributed by atoms with E-state index in [1.54, 1.807) is 138 Å². The first-order chi connectivity index (χ1) is 44.3. The zero-order valence-corrected chi connectivity index (χ0v) is 57.1. The third kappa shape index (κ3) is 19.2. The number of hydrogen-bond acceptors (Lipinski definition) is 11. The molecule has 0 spiro atoms. The standard InChI is InChI=1S/C25H27NO4S.2C23H21Cl2NO4S/c1-4-24(21-8-6-5-7-9-21)26(31(28,29)23-16-10-19(2)11-17-23)18-20-12-14-22(15-13-20)25(27)30-3;1-16(18-7-9-20(24)10-8-18)26(31(28,29)22-13-11-21(25)12-14-22)15-17-3-5-19(6-4-17)23(27)30-2;1-2-22(17-7-9-19(24)10-8-17)26(15-16-3-5-18(6-4-16)23(27)28)31(29,30)21-13-11-20(25)12-14-21/h5-17,24H,4,18H2,1-3H3;3-14,16H,15H2,1-2H3;3-14,22H,2,15H2,1H3,(H,27,28). The fraction of sp³-hybridized carbons (Fsp3) is 0.197. The first-order valence-electron chi connectivity index (χ1n) is 29.2. The summed E-state index contributed by atoms with van der Waals surface area (Å²) in [6, 6.07) is 61.2. The van der Waals surface area contributed by atoms with E-state index in [0.717, 1.165) is 33.4 Å². The zero-order chi connectivity index (χ0) is 67.6. The lowest BCUT2D eigenvalue weighted by molar-refractivity contribution is 0.0592. The molecule has 3 unspecified atom stereocenters. The molecule has 0 bridgehead atoms. The number of aryl methyl sites for hydroxylation is 1. The number of hydrogen-bond donors (Lipinski definition) is 1. The SMILES string of the molecule is CCC(c1ccc(Cl)cc1)N(Cc1ccc(C(=O)O)cc1)S(=O)(=O)c1ccc(Cl)cc1.CCC(c1ccccc1)N(Cc1ccc(C(=O)OC)cc1)S(=O)(=O)c1ccc(C)cc1.COC(=O)c1ccc(CN(C(C)c2ccc(Cl)cc2)S(=O)(=O)c2ccc(Cl)cc2)cc1. The van der Waals surface area contributed by atoms with Gasteiger partial charge in [-0.15, -0.1) is 0 Å². The smallest absolute Gasteiger partial charge is 0.337 e. The number of carboxylic acid groups (broad SMARTS) is 1. The summed E-state index contributed by atoms with van der Waals surface area (Å²) in [7, 11) is -8.86. The van der Waals surface area contributed by atoms with Crippen LogP contribution in [-0.2, 0) is 59.2 Å². The van der Waals surface area contributed by atoms with E-state index >= 15 is 0 Å². The van der Waals surface area contributed by atoms with Gasteiger partial charge >= 0.3 is 17.9 Å². The molecule has 0 fully saturated rings. The van der Waals surface area contributed by atoms with Gasteiger partial charge in [-0.2, -0.15) is 12.9 Å². The summed E-state index contributed by atoms with van der Waals surface area (Å²) in [6.45, 7) is 8.01. The van der Waals surface area contributed by atoms with Crippen molar-refractivity contribution in [2.24, 2.45) is 0 Å². The summed E-state index contributed by atoms with van der Waals surface area (Å²) >= 11 is 23.9. The van der Waals surface area contributed by atoms with Crippen LogP contribution in [0.4, 0.5) is 0 Å². The second-order valence-corrected chi connectivity index (χ2v) is 28.7.